The van der Waals surface area contributed by atoms with Crippen LogP contribution in [0, 0.1) is 0 Å². The molecule has 6 heteroatoms. The highest BCUT2D eigenvalue weighted by molar-refractivity contribution is 7.13. The predicted octanol–water partition coefficient (Wildman–Crippen LogP) is 3.87. The zero-order valence-electron chi connectivity index (χ0n) is 10.8. The first-order valence-electron chi connectivity index (χ1n) is 6.35. The van der Waals surface area contributed by atoms with Crippen molar-refractivity contribution in [2.75, 3.05) is 11.9 Å². The number of hydrogen-bond donors (Lipinski definition) is 1. The van der Waals surface area contributed by atoms with Crippen molar-refractivity contribution in [2.45, 2.75) is 0 Å². The molecule has 1 N–H and O–H groups in total. The average Bonchev–Trinajstić information content (AvgIpc) is 3.17. The van der Waals surface area contributed by atoms with Crippen molar-refractivity contribution in [3.63, 3.8) is 0 Å². The molecule has 2 aromatic heterocycles. The monoisotopic (exact) mass is 314 g/mol. The van der Waals surface area contributed by atoms with Crippen molar-refractivity contribution < 1.29 is 9.53 Å². The maximum Gasteiger partial charge on any atom is 0.262 e. The molecule has 1 aliphatic rings. The molecule has 0 unspecified atom stereocenters. The largest absolute Gasteiger partial charge is 0.482 e. The first-order valence-corrected chi connectivity index (χ1v) is 8.17. The van der Waals surface area contributed by atoms with E-state index >= 15 is 0 Å². The van der Waals surface area contributed by atoms with E-state index in [1.807, 2.05) is 29.0 Å². The summed E-state index contributed by atoms with van der Waals surface area (Å²) in [5.74, 6) is 0.575. The van der Waals surface area contributed by atoms with E-state index in [9.17, 15) is 4.79 Å². The van der Waals surface area contributed by atoms with Gasteiger partial charge in [-0.2, -0.15) is 11.3 Å². The lowest BCUT2D eigenvalue weighted by molar-refractivity contribution is -0.118. The number of nitrogens with zero attached hydrogens (tertiary/aromatic N) is 1. The lowest BCUT2D eigenvalue weighted by Gasteiger charge is -2.18. The van der Waals surface area contributed by atoms with E-state index in [-0.39, 0.29) is 12.5 Å². The summed E-state index contributed by atoms with van der Waals surface area (Å²) in [5, 5.41) is 9.92. The van der Waals surface area contributed by atoms with Crippen molar-refractivity contribution in [3.05, 3.63) is 40.4 Å². The first-order chi connectivity index (χ1) is 10.3. The lowest BCUT2D eigenvalue weighted by atomic mass is 10.1. The highest BCUT2D eigenvalue weighted by Crippen LogP contribution is 2.35. The standard InChI is InChI=1S/C15H10N2O2S2/c18-14-6-19-13-2-1-9(5-11(13)16-14)15-17-12(8-21-15)10-3-4-20-7-10/h1-5,7-8H,6H2,(H,16,18). The highest BCUT2D eigenvalue weighted by atomic mass is 32.1. The minimum absolute atomic E-state index is 0.0753. The lowest BCUT2D eigenvalue weighted by Crippen LogP contribution is -2.25. The Labute approximate surface area is 129 Å². The van der Waals surface area contributed by atoms with Crippen LogP contribution in [0.1, 0.15) is 0 Å². The topological polar surface area (TPSA) is 51.2 Å². The third-order valence-electron chi connectivity index (χ3n) is 3.18. The normalized spacial score (nSPS) is 13.4. The molecule has 0 atom stereocenters. The second kappa shape index (κ2) is 4.98. The maximum absolute atomic E-state index is 11.4. The zero-order chi connectivity index (χ0) is 14.2. The number of thiazole rings is 1. The molecule has 0 radical (unpaired) electrons. The van der Waals surface area contributed by atoms with Gasteiger partial charge in [-0.15, -0.1) is 11.3 Å². The van der Waals surface area contributed by atoms with Crippen LogP contribution in [-0.2, 0) is 4.79 Å². The fourth-order valence-electron chi connectivity index (χ4n) is 2.17. The summed E-state index contributed by atoms with van der Waals surface area (Å²) in [4.78, 5) is 16.0. The Kier molecular flexibility index (Phi) is 2.98. The Morgan fingerprint density at radius 3 is 3.00 bits per heavy atom. The molecule has 0 fully saturated rings. The van der Waals surface area contributed by atoms with Gasteiger partial charge in [0.25, 0.3) is 5.91 Å². The molecule has 3 heterocycles. The zero-order valence-corrected chi connectivity index (χ0v) is 12.5. The molecule has 3 aromatic rings. The van der Waals surface area contributed by atoms with Crippen molar-refractivity contribution in [3.8, 4) is 27.6 Å². The SMILES string of the molecule is O=C1COc2ccc(-c3nc(-c4ccsc4)cs3)cc2N1. The molecule has 0 spiro atoms. The van der Waals surface area contributed by atoms with Gasteiger partial charge in [-0.1, -0.05) is 0 Å². The van der Waals surface area contributed by atoms with Crippen molar-refractivity contribution in [1.29, 1.82) is 0 Å². The smallest absolute Gasteiger partial charge is 0.262 e. The van der Waals surface area contributed by atoms with Gasteiger partial charge in [-0.25, -0.2) is 4.98 Å². The number of nitrogens with one attached hydrogen (secondary N) is 1. The van der Waals surface area contributed by atoms with Gasteiger partial charge in [0.1, 0.15) is 10.8 Å². The predicted molar refractivity (Wildman–Crippen MR) is 85.0 cm³/mol. The number of hydrogen-bond acceptors (Lipinski definition) is 5. The van der Waals surface area contributed by atoms with Crippen molar-refractivity contribution >= 4 is 34.3 Å². The second-order valence-corrected chi connectivity index (χ2v) is 6.24. The second-order valence-electron chi connectivity index (χ2n) is 4.60. The van der Waals surface area contributed by atoms with Crippen molar-refractivity contribution in [1.82, 2.24) is 4.98 Å². The molecule has 0 saturated heterocycles. The third-order valence-corrected chi connectivity index (χ3v) is 4.76. The van der Waals surface area contributed by atoms with Crippen LogP contribution in [0.15, 0.2) is 40.4 Å². The Morgan fingerprint density at radius 2 is 2.14 bits per heavy atom. The van der Waals surface area contributed by atoms with Gasteiger partial charge in [-0.3, -0.25) is 4.79 Å². The molecular formula is C15H10N2O2S2. The van der Waals surface area contributed by atoms with Crippen LogP contribution in [0.25, 0.3) is 21.8 Å². The van der Waals surface area contributed by atoms with E-state index in [1.54, 1.807) is 22.7 Å². The molecule has 0 saturated carbocycles. The van der Waals surface area contributed by atoms with Crippen LogP contribution in [-0.4, -0.2) is 17.5 Å². The van der Waals surface area contributed by atoms with E-state index in [0.29, 0.717) is 11.4 Å². The van der Waals surface area contributed by atoms with E-state index in [1.165, 1.54) is 0 Å². The van der Waals surface area contributed by atoms with Gasteiger partial charge in [-0.05, 0) is 29.6 Å². The Balaban J connectivity index is 1.71. The molecule has 1 aliphatic heterocycles. The summed E-state index contributed by atoms with van der Waals surface area (Å²) in [6.45, 7) is 0.0753. The number of ether oxygens (including phenoxy) is 1. The van der Waals surface area contributed by atoms with Crippen molar-refractivity contribution in [2.24, 2.45) is 0 Å². The van der Waals surface area contributed by atoms with Crippen LogP contribution in [0.5, 0.6) is 5.75 Å². The number of thiophene rings is 1. The molecule has 1 aromatic carbocycles. The number of aromatic nitrogens is 1. The molecular weight excluding hydrogens is 304 g/mol. The van der Waals surface area contributed by atoms with Gasteiger partial charge in [0.2, 0.25) is 0 Å². The van der Waals surface area contributed by atoms with E-state index in [2.05, 4.69) is 21.7 Å². The van der Waals surface area contributed by atoms with Gasteiger partial charge < -0.3 is 10.1 Å². The van der Waals surface area contributed by atoms with E-state index in [0.717, 1.165) is 21.8 Å². The van der Waals surface area contributed by atoms with Crippen LogP contribution in [0.2, 0.25) is 0 Å². The molecule has 4 nitrogen and oxygen atoms in total. The minimum Gasteiger partial charge on any atom is -0.482 e. The Morgan fingerprint density at radius 1 is 1.19 bits per heavy atom. The molecule has 1 amide bonds. The summed E-state index contributed by atoms with van der Waals surface area (Å²) < 4.78 is 5.36. The summed E-state index contributed by atoms with van der Waals surface area (Å²) in [7, 11) is 0. The third kappa shape index (κ3) is 2.32. The van der Waals surface area contributed by atoms with Gasteiger partial charge >= 0.3 is 0 Å². The number of carbonyl (C=O) groups excluding carboxylic acids is 1. The van der Waals surface area contributed by atoms with Crippen LogP contribution < -0.4 is 10.1 Å². The average molecular weight is 314 g/mol. The summed E-state index contributed by atoms with van der Waals surface area (Å²) in [6.07, 6.45) is 0. The Hall–Kier alpha value is -2.18. The van der Waals surface area contributed by atoms with Crippen LogP contribution in [0.4, 0.5) is 5.69 Å². The number of anilines is 1. The minimum atomic E-state index is -0.127. The summed E-state index contributed by atoms with van der Waals surface area (Å²) >= 11 is 3.25. The molecule has 4 rings (SSSR count). The van der Waals surface area contributed by atoms with E-state index in [4.69, 9.17) is 4.74 Å². The van der Waals surface area contributed by atoms with Gasteiger partial charge in [0.15, 0.2) is 6.61 Å². The van der Waals surface area contributed by atoms with Crippen LogP contribution in [0.3, 0.4) is 0 Å². The van der Waals surface area contributed by atoms with Gasteiger partial charge in [0, 0.05) is 21.9 Å². The van der Waals surface area contributed by atoms with Gasteiger partial charge in [0.05, 0.1) is 11.4 Å². The maximum atomic E-state index is 11.4. The fraction of sp³-hybridized carbons (Fsp3) is 0.0667. The van der Waals surface area contributed by atoms with E-state index < -0.39 is 0 Å². The summed E-state index contributed by atoms with van der Waals surface area (Å²) in [6, 6.07) is 7.80. The molecule has 0 aliphatic carbocycles. The summed E-state index contributed by atoms with van der Waals surface area (Å²) in [5.41, 5.74) is 3.80. The number of carbonyl (C=O) groups is 1. The molecule has 0 bridgehead atoms. The number of benzene rings is 1. The highest BCUT2D eigenvalue weighted by Gasteiger charge is 2.17. The Bertz CT molecular complexity index is 809. The number of rotatable bonds is 2. The first kappa shape index (κ1) is 12.6. The number of fused-ring (bicyclic) bond motifs is 1. The van der Waals surface area contributed by atoms with Crippen LogP contribution >= 0.6 is 22.7 Å². The number of amides is 1. The quantitative estimate of drug-likeness (QED) is 0.781. The fourth-order valence-corrected chi connectivity index (χ4v) is 3.64. The molecule has 104 valence electrons. The molecule has 21 heavy (non-hydrogen) atoms.